The molecule has 1 saturated heterocycles. The maximum atomic E-state index is 11.7. The van der Waals surface area contributed by atoms with Crippen LogP contribution in [0, 0.1) is 5.92 Å². The van der Waals surface area contributed by atoms with Gasteiger partial charge in [-0.15, -0.1) is 0 Å². The maximum absolute atomic E-state index is 11.7. The molecular formula is C15H17N3O2. The molecule has 3 rings (SSSR count). The van der Waals surface area contributed by atoms with Gasteiger partial charge in [-0.25, -0.2) is 5.43 Å². The zero-order chi connectivity index (χ0) is 14.1. The van der Waals surface area contributed by atoms with E-state index in [2.05, 4.69) is 10.5 Å². The lowest BCUT2D eigenvalue weighted by molar-refractivity contribution is -0.122. The SMILES string of the molecule is C[C@@H]1CC(=O)NN=C1c1ccc(N2CCCC2=O)cc1. The van der Waals surface area contributed by atoms with Crippen molar-refractivity contribution in [1.82, 2.24) is 5.43 Å². The minimum absolute atomic E-state index is 0.0412. The second-order valence-corrected chi connectivity index (χ2v) is 5.33. The third-order valence-corrected chi connectivity index (χ3v) is 3.81. The highest BCUT2D eigenvalue weighted by Crippen LogP contribution is 2.23. The molecule has 1 aromatic rings. The van der Waals surface area contributed by atoms with Gasteiger partial charge in [0.25, 0.3) is 0 Å². The number of rotatable bonds is 2. The number of hydrogen-bond donors (Lipinski definition) is 1. The van der Waals surface area contributed by atoms with Gasteiger partial charge in [0.15, 0.2) is 0 Å². The van der Waals surface area contributed by atoms with Gasteiger partial charge < -0.3 is 4.90 Å². The van der Waals surface area contributed by atoms with Crippen molar-refractivity contribution in [1.29, 1.82) is 0 Å². The van der Waals surface area contributed by atoms with E-state index in [9.17, 15) is 9.59 Å². The average molecular weight is 271 g/mol. The lowest BCUT2D eigenvalue weighted by Crippen LogP contribution is -2.32. The summed E-state index contributed by atoms with van der Waals surface area (Å²) in [6, 6.07) is 7.83. The smallest absolute Gasteiger partial charge is 0.240 e. The standard InChI is InChI=1S/C15H17N3O2/c1-10-9-13(19)16-17-15(10)11-4-6-12(7-5-11)18-8-2-3-14(18)20/h4-7,10H,2-3,8-9H2,1H3,(H,16,19)/t10-/m1/s1. The fraction of sp³-hybridized carbons (Fsp3) is 0.400. The quantitative estimate of drug-likeness (QED) is 0.889. The minimum atomic E-state index is -0.0412. The summed E-state index contributed by atoms with van der Waals surface area (Å²) in [6.45, 7) is 2.79. The van der Waals surface area contributed by atoms with Crippen LogP contribution in [0.15, 0.2) is 29.4 Å². The third kappa shape index (κ3) is 2.31. The summed E-state index contributed by atoms with van der Waals surface area (Å²) in [4.78, 5) is 24.8. The number of hydrazone groups is 1. The van der Waals surface area contributed by atoms with Crippen molar-refractivity contribution in [2.24, 2.45) is 11.0 Å². The Kier molecular flexibility index (Phi) is 3.26. The molecule has 0 aliphatic carbocycles. The van der Waals surface area contributed by atoms with Crippen LogP contribution in [0.2, 0.25) is 0 Å². The minimum Gasteiger partial charge on any atom is -0.312 e. The van der Waals surface area contributed by atoms with Crippen molar-refractivity contribution in [2.75, 3.05) is 11.4 Å². The molecule has 20 heavy (non-hydrogen) atoms. The monoisotopic (exact) mass is 271 g/mol. The zero-order valence-corrected chi connectivity index (χ0v) is 11.4. The van der Waals surface area contributed by atoms with Gasteiger partial charge in [-0.1, -0.05) is 19.1 Å². The average Bonchev–Trinajstić information content (AvgIpc) is 2.85. The van der Waals surface area contributed by atoms with Gasteiger partial charge in [0.05, 0.1) is 5.71 Å². The summed E-state index contributed by atoms with van der Waals surface area (Å²) < 4.78 is 0. The van der Waals surface area contributed by atoms with E-state index in [0.29, 0.717) is 12.8 Å². The Morgan fingerprint density at radius 1 is 1.25 bits per heavy atom. The maximum Gasteiger partial charge on any atom is 0.240 e. The molecule has 0 spiro atoms. The van der Waals surface area contributed by atoms with Crippen molar-refractivity contribution < 1.29 is 9.59 Å². The van der Waals surface area contributed by atoms with Gasteiger partial charge in [0, 0.05) is 31.0 Å². The van der Waals surface area contributed by atoms with Crippen LogP contribution in [0.1, 0.15) is 31.7 Å². The van der Waals surface area contributed by atoms with Crippen LogP contribution < -0.4 is 10.3 Å². The van der Waals surface area contributed by atoms with Crippen molar-refractivity contribution in [2.45, 2.75) is 26.2 Å². The number of nitrogens with zero attached hydrogens (tertiary/aromatic N) is 2. The number of carbonyl (C=O) groups excluding carboxylic acids is 2. The van der Waals surface area contributed by atoms with E-state index in [0.717, 1.165) is 29.9 Å². The topological polar surface area (TPSA) is 61.8 Å². The summed E-state index contributed by atoms with van der Waals surface area (Å²) in [5, 5.41) is 4.14. The molecule has 2 aliphatic heterocycles. The van der Waals surface area contributed by atoms with Crippen LogP contribution in [-0.2, 0) is 9.59 Å². The number of carbonyl (C=O) groups is 2. The lowest BCUT2D eigenvalue weighted by Gasteiger charge is -2.20. The fourth-order valence-corrected chi connectivity index (χ4v) is 2.74. The molecule has 0 unspecified atom stereocenters. The van der Waals surface area contributed by atoms with E-state index in [1.165, 1.54) is 0 Å². The van der Waals surface area contributed by atoms with Gasteiger partial charge in [0.1, 0.15) is 0 Å². The Morgan fingerprint density at radius 3 is 2.60 bits per heavy atom. The van der Waals surface area contributed by atoms with E-state index in [1.807, 2.05) is 36.1 Å². The Bertz CT molecular complexity index is 577. The van der Waals surface area contributed by atoms with Crippen LogP contribution in [0.25, 0.3) is 0 Å². The largest absolute Gasteiger partial charge is 0.312 e. The third-order valence-electron chi connectivity index (χ3n) is 3.81. The Hall–Kier alpha value is -2.17. The molecule has 2 aliphatic rings. The van der Waals surface area contributed by atoms with Crippen LogP contribution >= 0.6 is 0 Å². The summed E-state index contributed by atoms with van der Waals surface area (Å²) in [5.41, 5.74) is 5.34. The molecular weight excluding hydrogens is 254 g/mol. The molecule has 0 aromatic heterocycles. The molecule has 5 heteroatoms. The first kappa shape index (κ1) is 12.8. The first-order chi connectivity index (χ1) is 9.65. The predicted octanol–water partition coefficient (Wildman–Crippen LogP) is 1.67. The van der Waals surface area contributed by atoms with E-state index >= 15 is 0 Å². The van der Waals surface area contributed by atoms with Gasteiger partial charge in [-0.2, -0.15) is 5.10 Å². The van der Waals surface area contributed by atoms with Crippen molar-refractivity contribution in [3.8, 4) is 0 Å². The van der Waals surface area contributed by atoms with E-state index < -0.39 is 0 Å². The molecule has 1 aromatic carbocycles. The molecule has 0 radical (unpaired) electrons. The number of hydrogen-bond acceptors (Lipinski definition) is 3. The Balaban J connectivity index is 1.83. The van der Waals surface area contributed by atoms with Crippen LogP contribution in [0.4, 0.5) is 5.69 Å². The number of nitrogens with one attached hydrogen (secondary N) is 1. The van der Waals surface area contributed by atoms with Crippen LogP contribution in [0.5, 0.6) is 0 Å². The van der Waals surface area contributed by atoms with Crippen LogP contribution in [-0.4, -0.2) is 24.1 Å². The number of anilines is 1. The molecule has 2 heterocycles. The summed E-state index contributed by atoms with van der Waals surface area (Å²) in [6.07, 6.45) is 2.03. The van der Waals surface area contributed by atoms with Crippen molar-refractivity contribution in [3.05, 3.63) is 29.8 Å². The van der Waals surface area contributed by atoms with E-state index in [4.69, 9.17) is 0 Å². The Labute approximate surface area is 117 Å². The van der Waals surface area contributed by atoms with Crippen molar-refractivity contribution in [3.63, 3.8) is 0 Å². The predicted molar refractivity (Wildman–Crippen MR) is 76.5 cm³/mol. The second-order valence-electron chi connectivity index (χ2n) is 5.33. The van der Waals surface area contributed by atoms with E-state index in [1.54, 1.807) is 0 Å². The van der Waals surface area contributed by atoms with Gasteiger partial charge in [-0.05, 0) is 24.1 Å². The summed E-state index contributed by atoms with van der Waals surface area (Å²) >= 11 is 0. The number of benzene rings is 1. The molecule has 1 N–H and O–H groups in total. The molecule has 0 saturated carbocycles. The zero-order valence-electron chi connectivity index (χ0n) is 11.4. The van der Waals surface area contributed by atoms with Gasteiger partial charge in [0.2, 0.25) is 11.8 Å². The Morgan fingerprint density at radius 2 is 2.00 bits per heavy atom. The highest BCUT2D eigenvalue weighted by atomic mass is 16.2. The highest BCUT2D eigenvalue weighted by molar-refractivity contribution is 6.06. The fourth-order valence-electron chi connectivity index (χ4n) is 2.74. The first-order valence-corrected chi connectivity index (χ1v) is 6.92. The molecule has 0 bridgehead atoms. The molecule has 104 valence electrons. The lowest BCUT2D eigenvalue weighted by atomic mass is 9.94. The van der Waals surface area contributed by atoms with Crippen LogP contribution in [0.3, 0.4) is 0 Å². The normalized spacial score (nSPS) is 22.8. The molecule has 1 fully saturated rings. The molecule has 1 atom stereocenters. The highest BCUT2D eigenvalue weighted by Gasteiger charge is 2.23. The van der Waals surface area contributed by atoms with Gasteiger partial charge >= 0.3 is 0 Å². The van der Waals surface area contributed by atoms with Gasteiger partial charge in [-0.3, -0.25) is 9.59 Å². The summed E-state index contributed by atoms with van der Waals surface area (Å²) in [5.74, 6) is 0.261. The molecule has 5 nitrogen and oxygen atoms in total. The van der Waals surface area contributed by atoms with E-state index in [-0.39, 0.29) is 17.7 Å². The first-order valence-electron chi connectivity index (χ1n) is 6.92. The van der Waals surface area contributed by atoms with Crippen molar-refractivity contribution >= 4 is 23.2 Å². The summed E-state index contributed by atoms with van der Waals surface area (Å²) in [7, 11) is 0. The molecule has 2 amide bonds. The second kappa shape index (κ2) is 5.07. The number of amides is 2.